The quantitative estimate of drug-likeness (QED) is 0.746. The molecule has 1 heterocycles. The Balaban J connectivity index is 2.05. The fraction of sp³-hybridized carbons (Fsp3) is 0.429. The molecule has 1 aromatic carbocycles. The largest absolute Gasteiger partial charge is 0.337 e. The molecule has 1 saturated heterocycles. The van der Waals surface area contributed by atoms with E-state index in [0.29, 0.717) is 13.1 Å². The van der Waals surface area contributed by atoms with Crippen molar-refractivity contribution in [2.75, 3.05) is 6.54 Å². The number of benzene rings is 1. The van der Waals surface area contributed by atoms with E-state index in [2.05, 4.69) is 0 Å². The minimum absolute atomic E-state index is 0.0245. The van der Waals surface area contributed by atoms with E-state index in [0.717, 1.165) is 12.0 Å². The molecule has 1 aliphatic rings. The fourth-order valence-electron chi connectivity index (χ4n) is 2.19. The summed E-state index contributed by atoms with van der Waals surface area (Å²) in [6, 6.07) is 9.90. The number of rotatable bonds is 3. The number of amides is 1. The van der Waals surface area contributed by atoms with E-state index in [4.69, 9.17) is 0 Å². The van der Waals surface area contributed by atoms with E-state index < -0.39 is 0 Å². The Labute approximate surface area is 101 Å². The minimum Gasteiger partial charge on any atom is -0.337 e. The number of ketones is 1. The van der Waals surface area contributed by atoms with Crippen molar-refractivity contribution in [3.05, 3.63) is 35.9 Å². The van der Waals surface area contributed by atoms with Crippen LogP contribution < -0.4 is 0 Å². The molecular formula is C14H17NO2. The van der Waals surface area contributed by atoms with Crippen molar-refractivity contribution >= 4 is 11.7 Å². The molecule has 0 spiro atoms. The van der Waals surface area contributed by atoms with Gasteiger partial charge in [-0.3, -0.25) is 9.59 Å². The molecule has 1 aliphatic heterocycles. The van der Waals surface area contributed by atoms with Gasteiger partial charge in [0.05, 0.1) is 6.42 Å². The van der Waals surface area contributed by atoms with Gasteiger partial charge in [0.15, 0.2) is 0 Å². The van der Waals surface area contributed by atoms with Crippen molar-refractivity contribution in [3.63, 3.8) is 0 Å². The van der Waals surface area contributed by atoms with Crippen LogP contribution in [-0.2, 0) is 16.1 Å². The number of hydrogen-bond acceptors (Lipinski definition) is 2. The Morgan fingerprint density at radius 2 is 1.94 bits per heavy atom. The normalized spacial score (nSPS) is 20.8. The van der Waals surface area contributed by atoms with Crippen LogP contribution in [0, 0.1) is 5.92 Å². The average Bonchev–Trinajstić information content (AvgIpc) is 2.34. The number of carbonyl (C=O) groups is 2. The summed E-state index contributed by atoms with van der Waals surface area (Å²) in [7, 11) is 0. The van der Waals surface area contributed by atoms with Gasteiger partial charge in [-0.1, -0.05) is 37.3 Å². The van der Waals surface area contributed by atoms with Crippen LogP contribution in [0.1, 0.15) is 25.3 Å². The topological polar surface area (TPSA) is 37.4 Å². The molecule has 1 aromatic rings. The maximum atomic E-state index is 11.8. The van der Waals surface area contributed by atoms with Gasteiger partial charge >= 0.3 is 0 Å². The highest BCUT2D eigenvalue weighted by atomic mass is 16.2. The lowest BCUT2D eigenvalue weighted by Crippen LogP contribution is -2.44. The fourth-order valence-corrected chi connectivity index (χ4v) is 2.19. The van der Waals surface area contributed by atoms with Gasteiger partial charge in [-0.05, 0) is 12.0 Å². The van der Waals surface area contributed by atoms with Crippen LogP contribution in [0.15, 0.2) is 30.3 Å². The van der Waals surface area contributed by atoms with E-state index in [-0.39, 0.29) is 24.0 Å². The van der Waals surface area contributed by atoms with Crippen LogP contribution >= 0.6 is 0 Å². The molecule has 2 rings (SSSR count). The van der Waals surface area contributed by atoms with Gasteiger partial charge in [-0.15, -0.1) is 0 Å². The van der Waals surface area contributed by atoms with Crippen molar-refractivity contribution in [2.45, 2.75) is 26.3 Å². The van der Waals surface area contributed by atoms with E-state index in [1.54, 1.807) is 4.90 Å². The lowest BCUT2D eigenvalue weighted by Gasteiger charge is -2.31. The molecule has 0 N–H and O–H groups in total. The van der Waals surface area contributed by atoms with Gasteiger partial charge in [0.1, 0.15) is 5.78 Å². The summed E-state index contributed by atoms with van der Waals surface area (Å²) in [6.07, 6.45) is 0.892. The SMILES string of the molecule is CC[C@@H]1CN(Cc2ccccc2)C(=O)CC1=O. The second-order valence-corrected chi connectivity index (χ2v) is 4.51. The lowest BCUT2D eigenvalue weighted by atomic mass is 9.93. The molecular weight excluding hydrogens is 214 g/mol. The van der Waals surface area contributed by atoms with Crippen molar-refractivity contribution < 1.29 is 9.59 Å². The highest BCUT2D eigenvalue weighted by Gasteiger charge is 2.30. The maximum Gasteiger partial charge on any atom is 0.230 e. The number of Topliss-reactive ketones (excluding diaryl/α,β-unsaturated/α-hetero) is 1. The molecule has 17 heavy (non-hydrogen) atoms. The van der Waals surface area contributed by atoms with Crippen LogP contribution in [0.4, 0.5) is 0 Å². The standard InChI is InChI=1S/C14H17NO2/c1-2-12-10-15(14(17)8-13(12)16)9-11-6-4-3-5-7-11/h3-7,12H,2,8-10H2,1H3/t12-/m1/s1. The van der Waals surface area contributed by atoms with Gasteiger partial charge < -0.3 is 4.90 Å². The summed E-state index contributed by atoms with van der Waals surface area (Å²) >= 11 is 0. The zero-order chi connectivity index (χ0) is 12.3. The van der Waals surface area contributed by atoms with Crippen molar-refractivity contribution in [3.8, 4) is 0 Å². The second-order valence-electron chi connectivity index (χ2n) is 4.51. The summed E-state index contributed by atoms with van der Waals surface area (Å²) in [5.74, 6) is 0.0850. The first-order chi connectivity index (χ1) is 8.20. The van der Waals surface area contributed by atoms with E-state index in [1.807, 2.05) is 37.3 Å². The molecule has 0 saturated carbocycles. The average molecular weight is 231 g/mol. The highest BCUT2D eigenvalue weighted by Crippen LogP contribution is 2.19. The van der Waals surface area contributed by atoms with E-state index in [1.165, 1.54) is 0 Å². The molecule has 3 heteroatoms. The molecule has 0 unspecified atom stereocenters. The second kappa shape index (κ2) is 5.13. The van der Waals surface area contributed by atoms with Crippen LogP contribution in [0.3, 0.4) is 0 Å². The number of hydrogen-bond donors (Lipinski definition) is 0. The first-order valence-electron chi connectivity index (χ1n) is 6.05. The van der Waals surface area contributed by atoms with Crippen molar-refractivity contribution in [2.24, 2.45) is 5.92 Å². The van der Waals surface area contributed by atoms with Crippen LogP contribution in [0.2, 0.25) is 0 Å². The summed E-state index contributed by atoms with van der Waals surface area (Å²) in [5, 5.41) is 0. The molecule has 1 fully saturated rings. The molecule has 0 aromatic heterocycles. The summed E-state index contributed by atoms with van der Waals surface area (Å²) in [4.78, 5) is 25.2. The first-order valence-corrected chi connectivity index (χ1v) is 6.05. The summed E-state index contributed by atoms with van der Waals surface area (Å²) in [6.45, 7) is 3.19. The highest BCUT2D eigenvalue weighted by molar-refractivity contribution is 6.01. The third kappa shape index (κ3) is 2.73. The molecule has 0 radical (unpaired) electrons. The van der Waals surface area contributed by atoms with Crippen LogP contribution in [0.5, 0.6) is 0 Å². The van der Waals surface area contributed by atoms with Crippen molar-refractivity contribution in [1.82, 2.24) is 4.90 Å². The molecule has 3 nitrogen and oxygen atoms in total. The summed E-state index contributed by atoms with van der Waals surface area (Å²) < 4.78 is 0. The number of piperidine rings is 1. The van der Waals surface area contributed by atoms with Crippen molar-refractivity contribution in [1.29, 1.82) is 0 Å². The first kappa shape index (κ1) is 11.8. The Morgan fingerprint density at radius 1 is 1.24 bits per heavy atom. The van der Waals surface area contributed by atoms with Gasteiger partial charge in [0, 0.05) is 19.0 Å². The molecule has 0 bridgehead atoms. The zero-order valence-corrected chi connectivity index (χ0v) is 10.1. The Kier molecular flexibility index (Phi) is 3.57. The number of likely N-dealkylation sites (tertiary alicyclic amines) is 1. The molecule has 1 atom stereocenters. The lowest BCUT2D eigenvalue weighted by molar-refractivity contribution is -0.143. The molecule has 90 valence electrons. The van der Waals surface area contributed by atoms with E-state index >= 15 is 0 Å². The zero-order valence-electron chi connectivity index (χ0n) is 10.1. The van der Waals surface area contributed by atoms with Gasteiger partial charge in [-0.2, -0.15) is 0 Å². The molecule has 1 amide bonds. The van der Waals surface area contributed by atoms with Gasteiger partial charge in [0.25, 0.3) is 0 Å². The van der Waals surface area contributed by atoms with Crippen LogP contribution in [-0.4, -0.2) is 23.1 Å². The summed E-state index contributed by atoms with van der Waals surface area (Å²) in [5.41, 5.74) is 1.12. The smallest absolute Gasteiger partial charge is 0.230 e. The molecule has 0 aliphatic carbocycles. The van der Waals surface area contributed by atoms with E-state index in [9.17, 15) is 9.59 Å². The third-order valence-corrected chi connectivity index (χ3v) is 3.28. The predicted octanol–water partition coefficient (Wildman–Crippen LogP) is 2.01. The van der Waals surface area contributed by atoms with Gasteiger partial charge in [0.2, 0.25) is 5.91 Å². The van der Waals surface area contributed by atoms with Gasteiger partial charge in [-0.25, -0.2) is 0 Å². The maximum absolute atomic E-state index is 11.8. The Morgan fingerprint density at radius 3 is 2.59 bits per heavy atom. The Hall–Kier alpha value is -1.64. The Bertz CT molecular complexity index is 413. The number of carbonyl (C=O) groups excluding carboxylic acids is 2. The minimum atomic E-state index is -0.0384. The number of nitrogens with zero attached hydrogens (tertiary/aromatic N) is 1. The predicted molar refractivity (Wildman–Crippen MR) is 65.3 cm³/mol. The monoisotopic (exact) mass is 231 g/mol. The van der Waals surface area contributed by atoms with Crippen LogP contribution in [0.25, 0.3) is 0 Å². The third-order valence-electron chi connectivity index (χ3n) is 3.28.